The Balaban J connectivity index is 1.46. The predicted molar refractivity (Wildman–Crippen MR) is 65.3 cm³/mol. The molecule has 2 saturated carbocycles. The van der Waals surface area contributed by atoms with Gasteiger partial charge in [-0.25, -0.2) is 0 Å². The minimum Gasteiger partial charge on any atom is -0.384 e. The van der Waals surface area contributed by atoms with Crippen LogP contribution in [-0.2, 0) is 4.74 Å². The Kier molecular flexibility index (Phi) is 2.97. The Morgan fingerprint density at radius 2 is 1.69 bits per heavy atom. The fourth-order valence-corrected chi connectivity index (χ4v) is 4.03. The third-order valence-electron chi connectivity index (χ3n) is 5.26. The van der Waals surface area contributed by atoms with E-state index < -0.39 is 0 Å². The highest BCUT2D eigenvalue weighted by atomic mass is 16.5. The van der Waals surface area contributed by atoms with Gasteiger partial charge in [0.05, 0.1) is 0 Å². The Labute approximate surface area is 99.3 Å². The van der Waals surface area contributed by atoms with Gasteiger partial charge in [0.25, 0.3) is 0 Å². The highest BCUT2D eigenvalue weighted by Crippen LogP contribution is 2.52. The van der Waals surface area contributed by atoms with Crippen LogP contribution < -0.4 is 0 Å². The molecule has 2 heteroatoms. The number of hydrogen-bond acceptors (Lipinski definition) is 2. The lowest BCUT2D eigenvalue weighted by Crippen LogP contribution is -2.38. The maximum Gasteiger partial charge on any atom is 0.0496 e. The van der Waals surface area contributed by atoms with Crippen LogP contribution in [0.2, 0.25) is 0 Å². The molecular weight excluding hydrogens is 198 g/mol. The molecule has 1 saturated heterocycles. The van der Waals surface area contributed by atoms with E-state index in [0.717, 1.165) is 36.3 Å². The van der Waals surface area contributed by atoms with Gasteiger partial charge < -0.3 is 4.74 Å². The van der Waals surface area contributed by atoms with Crippen LogP contribution in [0, 0.1) is 23.7 Å². The van der Waals surface area contributed by atoms with E-state index in [9.17, 15) is 0 Å². The lowest BCUT2D eigenvalue weighted by Gasteiger charge is -2.34. The SMILES string of the molecule is COCC1[C@H]2CN(C3CCC(C)CC3)C[C@@H]12. The highest BCUT2D eigenvalue weighted by molar-refractivity contribution is 5.06. The fraction of sp³-hybridized carbons (Fsp3) is 1.00. The van der Waals surface area contributed by atoms with Gasteiger partial charge in [-0.3, -0.25) is 4.90 Å². The molecule has 1 aliphatic heterocycles. The number of likely N-dealkylation sites (tertiary alicyclic amines) is 1. The first-order valence-corrected chi connectivity index (χ1v) is 7.02. The standard InChI is InChI=1S/C14H25NO/c1-10-3-5-11(6-4-10)15-7-12-13(8-15)14(12)9-16-2/h10-14H,3-9H2,1-2H3/t10?,11?,12-,13+,14?. The number of fused-ring (bicyclic) bond motifs is 1. The summed E-state index contributed by atoms with van der Waals surface area (Å²) in [7, 11) is 1.84. The molecule has 2 aliphatic carbocycles. The van der Waals surface area contributed by atoms with E-state index in [0.29, 0.717) is 0 Å². The van der Waals surface area contributed by atoms with Crippen LogP contribution in [0.1, 0.15) is 32.6 Å². The van der Waals surface area contributed by atoms with Crippen molar-refractivity contribution < 1.29 is 4.74 Å². The third-order valence-corrected chi connectivity index (χ3v) is 5.26. The molecule has 0 bridgehead atoms. The Morgan fingerprint density at radius 1 is 1.06 bits per heavy atom. The Morgan fingerprint density at radius 3 is 2.25 bits per heavy atom. The average Bonchev–Trinajstić information content (AvgIpc) is 2.76. The smallest absolute Gasteiger partial charge is 0.0496 e. The summed E-state index contributed by atoms with van der Waals surface area (Å²) in [5, 5.41) is 0. The van der Waals surface area contributed by atoms with Crippen molar-refractivity contribution in [3.63, 3.8) is 0 Å². The number of ether oxygens (including phenoxy) is 1. The molecule has 3 rings (SSSR count). The quantitative estimate of drug-likeness (QED) is 0.728. The molecule has 1 unspecified atom stereocenters. The van der Waals surface area contributed by atoms with Crippen molar-refractivity contribution >= 4 is 0 Å². The van der Waals surface area contributed by atoms with Crippen LogP contribution in [0.4, 0.5) is 0 Å². The van der Waals surface area contributed by atoms with Crippen molar-refractivity contribution in [1.29, 1.82) is 0 Å². The molecule has 0 aromatic carbocycles. The van der Waals surface area contributed by atoms with Crippen LogP contribution in [0.5, 0.6) is 0 Å². The molecule has 3 atom stereocenters. The van der Waals surface area contributed by atoms with Crippen molar-refractivity contribution in [2.75, 3.05) is 26.8 Å². The first-order chi connectivity index (χ1) is 7.79. The molecule has 0 aromatic rings. The van der Waals surface area contributed by atoms with Crippen molar-refractivity contribution in [1.82, 2.24) is 4.90 Å². The Bertz CT molecular complexity index is 235. The van der Waals surface area contributed by atoms with Crippen molar-refractivity contribution in [2.24, 2.45) is 23.7 Å². The van der Waals surface area contributed by atoms with E-state index in [-0.39, 0.29) is 0 Å². The highest BCUT2D eigenvalue weighted by Gasteiger charge is 2.56. The normalized spacial score (nSPS) is 48.0. The Hall–Kier alpha value is -0.0800. The van der Waals surface area contributed by atoms with Gasteiger partial charge in [-0.05, 0) is 49.4 Å². The first-order valence-electron chi connectivity index (χ1n) is 7.02. The topological polar surface area (TPSA) is 12.5 Å². The van der Waals surface area contributed by atoms with E-state index in [1.165, 1.54) is 38.8 Å². The second kappa shape index (κ2) is 4.30. The maximum atomic E-state index is 5.28. The lowest BCUT2D eigenvalue weighted by molar-refractivity contribution is 0.125. The molecule has 0 aromatic heterocycles. The van der Waals surface area contributed by atoms with Crippen LogP contribution in [0.3, 0.4) is 0 Å². The second-order valence-corrected chi connectivity index (χ2v) is 6.31. The van der Waals surface area contributed by atoms with Gasteiger partial charge in [0, 0.05) is 32.8 Å². The summed E-state index contributed by atoms with van der Waals surface area (Å²) in [6.07, 6.45) is 5.82. The van der Waals surface area contributed by atoms with Gasteiger partial charge >= 0.3 is 0 Å². The van der Waals surface area contributed by atoms with Crippen molar-refractivity contribution in [3.05, 3.63) is 0 Å². The molecule has 3 aliphatic rings. The summed E-state index contributed by atoms with van der Waals surface area (Å²) in [5.74, 6) is 3.86. The van der Waals surface area contributed by atoms with Crippen molar-refractivity contribution in [3.8, 4) is 0 Å². The van der Waals surface area contributed by atoms with Gasteiger partial charge in [0.1, 0.15) is 0 Å². The van der Waals surface area contributed by atoms with Crippen molar-refractivity contribution in [2.45, 2.75) is 38.6 Å². The zero-order valence-corrected chi connectivity index (χ0v) is 10.7. The number of methoxy groups -OCH3 is 1. The number of piperidine rings is 1. The van der Waals surface area contributed by atoms with Crippen LogP contribution >= 0.6 is 0 Å². The minimum atomic E-state index is 0.906. The second-order valence-electron chi connectivity index (χ2n) is 6.31. The average molecular weight is 223 g/mol. The monoisotopic (exact) mass is 223 g/mol. The molecule has 0 amide bonds. The van der Waals surface area contributed by atoms with E-state index >= 15 is 0 Å². The summed E-state index contributed by atoms with van der Waals surface area (Å²) < 4.78 is 5.28. The maximum absolute atomic E-state index is 5.28. The van der Waals surface area contributed by atoms with Crippen LogP contribution in [-0.4, -0.2) is 37.7 Å². The molecule has 92 valence electrons. The van der Waals surface area contributed by atoms with E-state index in [2.05, 4.69) is 11.8 Å². The third kappa shape index (κ3) is 1.91. The van der Waals surface area contributed by atoms with Gasteiger partial charge in [0.15, 0.2) is 0 Å². The molecule has 0 N–H and O–H groups in total. The lowest BCUT2D eigenvalue weighted by atomic mass is 9.86. The van der Waals surface area contributed by atoms with Gasteiger partial charge in [-0.1, -0.05) is 6.92 Å². The molecule has 0 radical (unpaired) electrons. The van der Waals surface area contributed by atoms with Gasteiger partial charge in [-0.2, -0.15) is 0 Å². The number of rotatable bonds is 3. The number of hydrogen-bond donors (Lipinski definition) is 0. The molecule has 2 nitrogen and oxygen atoms in total. The summed E-state index contributed by atoms with van der Waals surface area (Å²) in [4.78, 5) is 2.79. The van der Waals surface area contributed by atoms with Gasteiger partial charge in [0.2, 0.25) is 0 Å². The fourth-order valence-electron chi connectivity index (χ4n) is 4.03. The van der Waals surface area contributed by atoms with Gasteiger partial charge in [-0.15, -0.1) is 0 Å². The first kappa shape index (κ1) is 11.0. The van der Waals surface area contributed by atoms with E-state index in [1.54, 1.807) is 0 Å². The minimum absolute atomic E-state index is 0.906. The molecule has 1 heterocycles. The summed E-state index contributed by atoms with van der Waals surface area (Å²) >= 11 is 0. The molecule has 0 spiro atoms. The molecular formula is C14H25NO. The van der Waals surface area contributed by atoms with Crippen LogP contribution in [0.25, 0.3) is 0 Å². The summed E-state index contributed by atoms with van der Waals surface area (Å²) in [5.41, 5.74) is 0. The van der Waals surface area contributed by atoms with E-state index in [4.69, 9.17) is 4.74 Å². The van der Waals surface area contributed by atoms with E-state index in [1.807, 2.05) is 7.11 Å². The largest absolute Gasteiger partial charge is 0.384 e. The molecule has 16 heavy (non-hydrogen) atoms. The number of nitrogens with zero attached hydrogens (tertiary/aromatic N) is 1. The van der Waals surface area contributed by atoms with Crippen LogP contribution in [0.15, 0.2) is 0 Å². The zero-order chi connectivity index (χ0) is 11.1. The summed E-state index contributed by atoms with van der Waals surface area (Å²) in [6.45, 7) is 6.16. The molecule has 3 fully saturated rings. The summed E-state index contributed by atoms with van der Waals surface area (Å²) in [6, 6.07) is 0.923. The predicted octanol–water partition coefficient (Wildman–Crippen LogP) is 2.39. The zero-order valence-electron chi connectivity index (χ0n) is 10.7.